The molecule has 4 N–H and O–H groups in total. The van der Waals surface area contributed by atoms with Crippen LogP contribution in [-0.2, 0) is 4.74 Å². The van der Waals surface area contributed by atoms with Crippen LogP contribution < -0.4 is 21.3 Å². The molecule has 2 aromatic rings. The third kappa shape index (κ3) is 5.72. The van der Waals surface area contributed by atoms with E-state index in [4.69, 9.17) is 4.74 Å². The number of para-hydroxylation sites is 1. The summed E-state index contributed by atoms with van der Waals surface area (Å²) in [6, 6.07) is 13.9. The number of ether oxygens (including phenoxy) is 1. The Morgan fingerprint density at radius 3 is 2.52 bits per heavy atom. The molecule has 1 heterocycles. The first-order valence-electron chi connectivity index (χ1n) is 9.00. The average Bonchev–Trinajstić information content (AvgIpc) is 3.17. The highest BCUT2D eigenvalue weighted by Gasteiger charge is 2.16. The van der Waals surface area contributed by atoms with Gasteiger partial charge in [-0.3, -0.25) is 0 Å². The van der Waals surface area contributed by atoms with E-state index in [1.165, 1.54) is 0 Å². The highest BCUT2D eigenvalue weighted by molar-refractivity contribution is 6.00. The highest BCUT2D eigenvalue weighted by Crippen LogP contribution is 2.20. The Morgan fingerprint density at radius 2 is 1.78 bits per heavy atom. The Bertz CT molecular complexity index is 789. The molecule has 7 nitrogen and oxygen atoms in total. The first-order valence-corrected chi connectivity index (χ1v) is 9.00. The van der Waals surface area contributed by atoms with E-state index in [9.17, 15) is 9.59 Å². The van der Waals surface area contributed by atoms with Crippen molar-refractivity contribution in [3.8, 4) is 0 Å². The van der Waals surface area contributed by atoms with Crippen LogP contribution in [0.2, 0.25) is 0 Å². The second-order valence-corrected chi connectivity index (χ2v) is 6.44. The summed E-state index contributed by atoms with van der Waals surface area (Å²) in [5.74, 6) is 0. The van der Waals surface area contributed by atoms with Gasteiger partial charge in [-0.15, -0.1) is 0 Å². The van der Waals surface area contributed by atoms with Crippen LogP contribution in [0.3, 0.4) is 0 Å². The summed E-state index contributed by atoms with van der Waals surface area (Å²) in [4.78, 5) is 24.2. The van der Waals surface area contributed by atoms with E-state index in [1.54, 1.807) is 24.3 Å². The van der Waals surface area contributed by atoms with Crippen LogP contribution in [0.5, 0.6) is 0 Å². The predicted molar refractivity (Wildman–Crippen MR) is 106 cm³/mol. The Balaban J connectivity index is 1.55. The van der Waals surface area contributed by atoms with E-state index in [0.717, 1.165) is 25.0 Å². The Morgan fingerprint density at radius 1 is 1.00 bits per heavy atom. The van der Waals surface area contributed by atoms with Crippen LogP contribution in [0.25, 0.3) is 0 Å². The molecule has 1 atom stereocenters. The largest absolute Gasteiger partial charge is 0.376 e. The van der Waals surface area contributed by atoms with Gasteiger partial charge in [0.1, 0.15) is 0 Å². The molecule has 1 aliphatic rings. The van der Waals surface area contributed by atoms with E-state index in [0.29, 0.717) is 23.6 Å². The van der Waals surface area contributed by atoms with Crippen molar-refractivity contribution in [2.45, 2.75) is 25.9 Å². The molecular weight excluding hydrogens is 344 g/mol. The first-order chi connectivity index (χ1) is 13.1. The van der Waals surface area contributed by atoms with Gasteiger partial charge >= 0.3 is 12.1 Å². The van der Waals surface area contributed by atoms with Crippen LogP contribution in [0.15, 0.2) is 48.5 Å². The number of nitrogens with one attached hydrogen (secondary N) is 4. The molecular formula is C20H24N4O3. The van der Waals surface area contributed by atoms with Gasteiger partial charge in [0.15, 0.2) is 0 Å². The standard InChI is InChI=1S/C20H24N4O3/c1-14-9-10-16(23-20(26)22-15-6-3-2-4-7-15)12-18(14)24-19(25)21-13-17-8-5-11-27-17/h2-4,6-7,9-10,12,17H,5,8,11,13H2,1H3,(H2,21,24,25)(H2,22,23,26). The molecule has 4 amide bonds. The predicted octanol–water partition coefficient (Wildman–Crippen LogP) is 3.94. The monoisotopic (exact) mass is 368 g/mol. The van der Waals surface area contributed by atoms with Gasteiger partial charge < -0.3 is 26.0 Å². The van der Waals surface area contributed by atoms with Crippen LogP contribution in [0.4, 0.5) is 26.7 Å². The lowest BCUT2D eigenvalue weighted by Crippen LogP contribution is -2.35. The third-order valence-electron chi connectivity index (χ3n) is 4.29. The summed E-state index contributed by atoms with van der Waals surface area (Å²) < 4.78 is 5.49. The zero-order valence-corrected chi connectivity index (χ0v) is 15.2. The number of carbonyl (C=O) groups is 2. The minimum atomic E-state index is -0.348. The Labute approximate surface area is 158 Å². The lowest BCUT2D eigenvalue weighted by Gasteiger charge is -2.14. The van der Waals surface area contributed by atoms with Crippen molar-refractivity contribution in [2.75, 3.05) is 29.1 Å². The van der Waals surface area contributed by atoms with Crippen molar-refractivity contribution >= 4 is 29.1 Å². The number of aryl methyl sites for hydroxylation is 1. The number of anilines is 3. The zero-order valence-electron chi connectivity index (χ0n) is 15.2. The minimum Gasteiger partial charge on any atom is -0.376 e. The van der Waals surface area contributed by atoms with Gasteiger partial charge in [0, 0.05) is 30.2 Å². The van der Waals surface area contributed by atoms with Gasteiger partial charge in [-0.05, 0) is 49.6 Å². The fourth-order valence-corrected chi connectivity index (χ4v) is 2.83. The molecule has 0 saturated carbocycles. The molecule has 1 aliphatic heterocycles. The number of urea groups is 2. The number of hydrogen-bond acceptors (Lipinski definition) is 3. The van der Waals surface area contributed by atoms with Crippen LogP contribution in [-0.4, -0.2) is 31.3 Å². The molecule has 1 fully saturated rings. The molecule has 0 spiro atoms. The molecule has 0 bridgehead atoms. The maximum Gasteiger partial charge on any atom is 0.323 e. The second kappa shape index (κ2) is 9.05. The maximum absolute atomic E-state index is 12.1. The molecule has 1 saturated heterocycles. The smallest absolute Gasteiger partial charge is 0.323 e. The SMILES string of the molecule is Cc1ccc(NC(=O)Nc2ccccc2)cc1NC(=O)NCC1CCCO1. The van der Waals surface area contributed by atoms with Crippen molar-refractivity contribution < 1.29 is 14.3 Å². The molecule has 142 valence electrons. The van der Waals surface area contributed by atoms with Gasteiger partial charge in [0.25, 0.3) is 0 Å². The summed E-state index contributed by atoms with van der Waals surface area (Å²) in [6.45, 7) is 3.14. The molecule has 27 heavy (non-hydrogen) atoms. The highest BCUT2D eigenvalue weighted by atomic mass is 16.5. The summed E-state index contributed by atoms with van der Waals surface area (Å²) in [5.41, 5.74) is 2.83. The zero-order chi connectivity index (χ0) is 19.1. The van der Waals surface area contributed by atoms with Gasteiger partial charge in [-0.2, -0.15) is 0 Å². The fourth-order valence-electron chi connectivity index (χ4n) is 2.83. The number of benzene rings is 2. The molecule has 0 aromatic heterocycles. The number of amides is 4. The van der Waals surface area contributed by atoms with E-state index in [-0.39, 0.29) is 18.2 Å². The van der Waals surface area contributed by atoms with Gasteiger partial charge in [-0.1, -0.05) is 24.3 Å². The van der Waals surface area contributed by atoms with E-state index in [2.05, 4.69) is 21.3 Å². The Kier molecular flexibility index (Phi) is 6.27. The summed E-state index contributed by atoms with van der Waals surface area (Å²) in [7, 11) is 0. The number of hydrogen-bond donors (Lipinski definition) is 4. The van der Waals surface area contributed by atoms with Crippen molar-refractivity contribution in [2.24, 2.45) is 0 Å². The van der Waals surface area contributed by atoms with E-state index < -0.39 is 0 Å². The molecule has 0 aliphatic carbocycles. The molecule has 0 radical (unpaired) electrons. The summed E-state index contributed by atoms with van der Waals surface area (Å²) in [6.07, 6.45) is 2.09. The summed E-state index contributed by atoms with van der Waals surface area (Å²) in [5, 5.41) is 11.2. The van der Waals surface area contributed by atoms with Crippen molar-refractivity contribution in [3.63, 3.8) is 0 Å². The van der Waals surface area contributed by atoms with E-state index in [1.807, 2.05) is 31.2 Å². The molecule has 3 rings (SSSR count). The third-order valence-corrected chi connectivity index (χ3v) is 4.29. The lowest BCUT2D eigenvalue weighted by atomic mass is 10.2. The van der Waals surface area contributed by atoms with Crippen molar-refractivity contribution in [3.05, 3.63) is 54.1 Å². The van der Waals surface area contributed by atoms with Crippen molar-refractivity contribution in [1.82, 2.24) is 5.32 Å². The quantitative estimate of drug-likeness (QED) is 0.644. The average molecular weight is 368 g/mol. The van der Waals surface area contributed by atoms with Gasteiger partial charge in [0.2, 0.25) is 0 Å². The fraction of sp³-hybridized carbons (Fsp3) is 0.300. The van der Waals surface area contributed by atoms with E-state index >= 15 is 0 Å². The molecule has 2 aromatic carbocycles. The lowest BCUT2D eigenvalue weighted by molar-refractivity contribution is 0.112. The number of rotatable bonds is 5. The summed E-state index contributed by atoms with van der Waals surface area (Å²) >= 11 is 0. The van der Waals surface area contributed by atoms with Crippen LogP contribution in [0, 0.1) is 6.92 Å². The second-order valence-electron chi connectivity index (χ2n) is 6.44. The van der Waals surface area contributed by atoms with Crippen LogP contribution >= 0.6 is 0 Å². The number of carbonyl (C=O) groups excluding carboxylic acids is 2. The minimum absolute atomic E-state index is 0.0894. The van der Waals surface area contributed by atoms with Gasteiger partial charge in [-0.25, -0.2) is 9.59 Å². The van der Waals surface area contributed by atoms with Crippen LogP contribution in [0.1, 0.15) is 18.4 Å². The normalized spacial score (nSPS) is 15.8. The molecule has 1 unspecified atom stereocenters. The topological polar surface area (TPSA) is 91.5 Å². The Hall–Kier alpha value is -3.06. The van der Waals surface area contributed by atoms with Crippen molar-refractivity contribution in [1.29, 1.82) is 0 Å². The van der Waals surface area contributed by atoms with Gasteiger partial charge in [0.05, 0.1) is 6.10 Å². The first kappa shape index (κ1) is 18.7. The molecule has 7 heteroatoms. The maximum atomic E-state index is 12.1.